The van der Waals surface area contributed by atoms with Crippen molar-refractivity contribution in [2.24, 2.45) is 5.92 Å². The molecule has 10 nitrogen and oxygen atoms in total. The Kier molecular flexibility index (Phi) is 9.13. The molecule has 11 heteroatoms. The van der Waals surface area contributed by atoms with Crippen molar-refractivity contribution >= 4 is 46.5 Å². The van der Waals surface area contributed by atoms with Gasteiger partial charge < -0.3 is 24.4 Å². The zero-order valence-electron chi connectivity index (χ0n) is 22.1. The molecule has 2 saturated heterocycles. The number of imide groups is 1. The molecule has 2 heterocycles. The maximum absolute atomic E-state index is 12.9. The van der Waals surface area contributed by atoms with Gasteiger partial charge in [0.25, 0.3) is 17.1 Å². The smallest absolute Gasteiger partial charge is 0.294 e. The summed E-state index contributed by atoms with van der Waals surface area (Å²) in [6.45, 7) is 2.90. The maximum Gasteiger partial charge on any atom is 0.294 e. The van der Waals surface area contributed by atoms with Crippen LogP contribution in [0.4, 0.5) is 10.5 Å². The lowest BCUT2D eigenvalue weighted by Crippen LogP contribution is -2.45. The molecule has 0 aliphatic carbocycles. The van der Waals surface area contributed by atoms with E-state index < -0.39 is 11.1 Å². The van der Waals surface area contributed by atoms with Crippen molar-refractivity contribution in [1.29, 1.82) is 0 Å². The molecule has 0 bridgehead atoms. The Balaban J connectivity index is 1.38. The minimum absolute atomic E-state index is 0.215. The second-order valence-electron chi connectivity index (χ2n) is 9.28. The van der Waals surface area contributed by atoms with E-state index in [2.05, 4.69) is 12.2 Å². The Morgan fingerprint density at radius 3 is 2.46 bits per heavy atom. The van der Waals surface area contributed by atoms with Crippen LogP contribution in [0.3, 0.4) is 0 Å². The van der Waals surface area contributed by atoms with Crippen LogP contribution in [0, 0.1) is 5.92 Å². The Morgan fingerprint density at radius 1 is 1.03 bits per heavy atom. The molecule has 0 atom stereocenters. The fraction of sp³-hybridized carbons (Fsp3) is 0.357. The van der Waals surface area contributed by atoms with Gasteiger partial charge in [-0.05, 0) is 66.4 Å². The van der Waals surface area contributed by atoms with Gasteiger partial charge in [0.2, 0.25) is 5.91 Å². The summed E-state index contributed by atoms with van der Waals surface area (Å²) in [7, 11) is 2.98. The summed E-state index contributed by atoms with van der Waals surface area (Å²) < 4.78 is 16.3. The molecule has 0 aromatic heterocycles. The number of likely N-dealkylation sites (tertiary alicyclic amines) is 1. The Morgan fingerprint density at radius 2 is 1.74 bits per heavy atom. The number of nitrogens with one attached hydrogen (secondary N) is 1. The van der Waals surface area contributed by atoms with Crippen LogP contribution >= 0.6 is 11.8 Å². The summed E-state index contributed by atoms with van der Waals surface area (Å²) in [5.41, 5.74) is 1.12. The molecule has 0 unspecified atom stereocenters. The molecule has 39 heavy (non-hydrogen) atoms. The van der Waals surface area contributed by atoms with Gasteiger partial charge in [-0.3, -0.25) is 24.1 Å². The van der Waals surface area contributed by atoms with Crippen LogP contribution in [0.5, 0.6) is 17.2 Å². The first-order valence-corrected chi connectivity index (χ1v) is 13.4. The number of methoxy groups -OCH3 is 2. The quantitative estimate of drug-likeness (QED) is 0.463. The van der Waals surface area contributed by atoms with Crippen LogP contribution in [-0.2, 0) is 14.4 Å². The number of rotatable bonds is 9. The molecular formula is C28H31N3O7S. The molecule has 0 spiro atoms. The number of benzene rings is 2. The van der Waals surface area contributed by atoms with Crippen LogP contribution in [0.25, 0.3) is 6.08 Å². The number of hydrogen-bond acceptors (Lipinski definition) is 8. The van der Waals surface area contributed by atoms with Crippen molar-refractivity contribution in [3.63, 3.8) is 0 Å². The molecule has 206 valence electrons. The number of hydrogen-bond donors (Lipinski definition) is 1. The second-order valence-corrected chi connectivity index (χ2v) is 10.3. The molecule has 4 amide bonds. The van der Waals surface area contributed by atoms with E-state index in [-0.39, 0.29) is 29.9 Å². The predicted molar refractivity (Wildman–Crippen MR) is 148 cm³/mol. The lowest BCUT2D eigenvalue weighted by atomic mass is 9.99. The van der Waals surface area contributed by atoms with E-state index in [0.717, 1.165) is 29.5 Å². The zero-order valence-corrected chi connectivity index (χ0v) is 22.9. The van der Waals surface area contributed by atoms with E-state index in [1.807, 2.05) is 0 Å². The van der Waals surface area contributed by atoms with E-state index in [1.165, 1.54) is 14.2 Å². The highest BCUT2D eigenvalue weighted by Crippen LogP contribution is 2.35. The van der Waals surface area contributed by atoms with Crippen molar-refractivity contribution in [2.45, 2.75) is 19.8 Å². The average molecular weight is 554 g/mol. The minimum atomic E-state index is -0.504. The van der Waals surface area contributed by atoms with Crippen molar-refractivity contribution < 1.29 is 33.4 Å². The van der Waals surface area contributed by atoms with Gasteiger partial charge in [0.1, 0.15) is 12.3 Å². The highest BCUT2D eigenvalue weighted by molar-refractivity contribution is 8.18. The van der Waals surface area contributed by atoms with Gasteiger partial charge in [-0.1, -0.05) is 25.1 Å². The van der Waals surface area contributed by atoms with Gasteiger partial charge in [-0.15, -0.1) is 0 Å². The molecule has 2 aromatic carbocycles. The summed E-state index contributed by atoms with van der Waals surface area (Å²) in [6, 6.07) is 12.0. The third-order valence-corrected chi connectivity index (χ3v) is 7.44. The number of piperidine rings is 1. The van der Waals surface area contributed by atoms with E-state index in [4.69, 9.17) is 14.2 Å². The van der Waals surface area contributed by atoms with Crippen LogP contribution in [0.1, 0.15) is 25.3 Å². The highest BCUT2D eigenvalue weighted by Gasteiger charge is 2.37. The lowest BCUT2D eigenvalue weighted by Gasteiger charge is -2.31. The van der Waals surface area contributed by atoms with E-state index in [0.29, 0.717) is 47.5 Å². The molecule has 4 rings (SSSR count). The monoisotopic (exact) mass is 553 g/mol. The highest BCUT2D eigenvalue weighted by atomic mass is 32.2. The molecule has 1 N–H and O–H groups in total. The number of amides is 4. The SMILES string of the molecule is COc1ccccc1NC(=O)COc1ccc(/C=C2\SC(=O)N(CC(=O)N3CCC(C)CC3)C2=O)cc1OC. The molecular weight excluding hydrogens is 522 g/mol. The number of carbonyl (C=O) groups excluding carboxylic acids is 4. The second kappa shape index (κ2) is 12.7. The third-order valence-electron chi connectivity index (χ3n) is 6.53. The maximum atomic E-state index is 12.9. The predicted octanol–water partition coefficient (Wildman–Crippen LogP) is 4.02. The largest absolute Gasteiger partial charge is 0.495 e. The summed E-state index contributed by atoms with van der Waals surface area (Å²) in [4.78, 5) is 53.4. The van der Waals surface area contributed by atoms with Crippen molar-refractivity contribution in [3.05, 3.63) is 52.9 Å². The minimum Gasteiger partial charge on any atom is -0.495 e. The van der Waals surface area contributed by atoms with E-state index in [1.54, 1.807) is 53.4 Å². The Bertz CT molecular complexity index is 1290. The number of para-hydroxylation sites is 2. The number of thioether (sulfide) groups is 1. The van der Waals surface area contributed by atoms with E-state index >= 15 is 0 Å². The lowest BCUT2D eigenvalue weighted by molar-refractivity contribution is -0.136. The van der Waals surface area contributed by atoms with Crippen molar-refractivity contribution in [3.8, 4) is 17.2 Å². The fourth-order valence-corrected chi connectivity index (χ4v) is 5.09. The van der Waals surface area contributed by atoms with Crippen LogP contribution < -0.4 is 19.5 Å². The van der Waals surface area contributed by atoms with Crippen molar-refractivity contribution in [2.75, 3.05) is 45.8 Å². The Hall–Kier alpha value is -3.99. The van der Waals surface area contributed by atoms with Gasteiger partial charge in [-0.2, -0.15) is 0 Å². The van der Waals surface area contributed by atoms with Gasteiger partial charge >= 0.3 is 0 Å². The third kappa shape index (κ3) is 6.91. The van der Waals surface area contributed by atoms with Crippen LogP contribution in [-0.4, -0.2) is 73.2 Å². The van der Waals surface area contributed by atoms with Crippen LogP contribution in [0.15, 0.2) is 47.4 Å². The molecule has 0 radical (unpaired) electrons. The first-order valence-electron chi connectivity index (χ1n) is 12.6. The van der Waals surface area contributed by atoms with Gasteiger partial charge in [0.05, 0.1) is 24.8 Å². The number of nitrogens with zero attached hydrogens (tertiary/aromatic N) is 2. The standard InChI is InChI=1S/C28H31N3O7S/c1-18-10-12-30(13-11-18)26(33)16-31-27(34)24(39-28(31)35)15-19-8-9-22(23(14-19)37-3)38-17-25(32)29-20-6-4-5-7-21(20)36-2/h4-9,14-15,18H,10-13,16-17H2,1-3H3,(H,29,32)/b24-15-. The molecule has 0 saturated carbocycles. The normalized spacial score (nSPS) is 16.9. The first-order chi connectivity index (χ1) is 18.8. The van der Waals surface area contributed by atoms with Gasteiger partial charge in [0, 0.05) is 13.1 Å². The van der Waals surface area contributed by atoms with Crippen LogP contribution in [0.2, 0.25) is 0 Å². The fourth-order valence-electron chi connectivity index (χ4n) is 4.25. The average Bonchev–Trinajstić information content (AvgIpc) is 3.20. The molecule has 2 fully saturated rings. The molecule has 2 aliphatic rings. The summed E-state index contributed by atoms with van der Waals surface area (Å²) in [6.07, 6.45) is 3.40. The summed E-state index contributed by atoms with van der Waals surface area (Å²) in [5.74, 6) is 0.676. The molecule has 2 aromatic rings. The molecule has 2 aliphatic heterocycles. The zero-order chi connectivity index (χ0) is 27.9. The summed E-state index contributed by atoms with van der Waals surface area (Å²) >= 11 is 0.794. The van der Waals surface area contributed by atoms with E-state index in [9.17, 15) is 19.2 Å². The van der Waals surface area contributed by atoms with Crippen molar-refractivity contribution in [1.82, 2.24) is 9.80 Å². The number of anilines is 1. The Labute approximate surface area is 231 Å². The number of ether oxygens (including phenoxy) is 3. The topological polar surface area (TPSA) is 114 Å². The summed E-state index contributed by atoms with van der Waals surface area (Å²) in [5, 5.41) is 2.26. The number of carbonyl (C=O) groups is 4. The van der Waals surface area contributed by atoms with Gasteiger partial charge in [-0.25, -0.2) is 0 Å². The van der Waals surface area contributed by atoms with Gasteiger partial charge in [0.15, 0.2) is 18.1 Å². The first kappa shape index (κ1) is 28.0.